The van der Waals surface area contributed by atoms with Crippen molar-refractivity contribution in [1.82, 2.24) is 14.8 Å². The molecule has 1 saturated heterocycles. The normalized spacial score (nSPS) is 18.4. The van der Waals surface area contributed by atoms with E-state index in [-0.39, 0.29) is 6.04 Å². The molecule has 0 bridgehead atoms. The molecule has 0 spiro atoms. The highest BCUT2D eigenvalue weighted by Gasteiger charge is 2.31. The summed E-state index contributed by atoms with van der Waals surface area (Å²) in [7, 11) is 3.37. The Morgan fingerprint density at radius 2 is 1.86 bits per heavy atom. The number of piperazine rings is 1. The summed E-state index contributed by atoms with van der Waals surface area (Å²) in [5.74, 6) is 2.36. The van der Waals surface area contributed by atoms with Crippen molar-refractivity contribution in [3.63, 3.8) is 0 Å². The second-order valence-electron chi connectivity index (χ2n) is 9.12. The van der Waals surface area contributed by atoms with Crippen LogP contribution in [0.5, 0.6) is 17.2 Å². The summed E-state index contributed by atoms with van der Waals surface area (Å²) in [6.07, 6.45) is 3.91. The van der Waals surface area contributed by atoms with E-state index in [9.17, 15) is 4.79 Å². The number of fused-ring (bicyclic) bond motifs is 2. The summed E-state index contributed by atoms with van der Waals surface area (Å²) < 4.78 is 16.8. The fourth-order valence-corrected chi connectivity index (χ4v) is 5.38. The molecule has 2 aromatic carbocycles. The van der Waals surface area contributed by atoms with Crippen molar-refractivity contribution in [3.8, 4) is 17.2 Å². The van der Waals surface area contributed by atoms with E-state index in [4.69, 9.17) is 14.2 Å². The number of benzene rings is 2. The molecule has 0 unspecified atom stereocenters. The van der Waals surface area contributed by atoms with Crippen LogP contribution in [0.15, 0.2) is 36.5 Å². The summed E-state index contributed by atoms with van der Waals surface area (Å²) in [6, 6.07) is 10.3. The Bertz CT molecular complexity index is 1190. The third-order valence-corrected chi connectivity index (χ3v) is 7.27. The van der Waals surface area contributed by atoms with Crippen LogP contribution in [-0.2, 0) is 11.2 Å². The molecule has 1 aromatic heterocycles. The standard InChI is InChI=1S/C27H34N4O4/c1-4-35-27-15-21-19(13-26(27)34-3)7-8-31(18-32)25(21)17-29-9-11-30(12-10-29)24-16-28-23-6-5-20(33-2)14-22(23)24/h5-6,13-16,18,25,28H,4,7-12,17H2,1-3H3/t25-/m1/s1. The van der Waals surface area contributed by atoms with Crippen molar-refractivity contribution < 1.29 is 19.0 Å². The van der Waals surface area contributed by atoms with Crippen molar-refractivity contribution in [2.24, 2.45) is 0 Å². The van der Waals surface area contributed by atoms with Crippen LogP contribution >= 0.6 is 0 Å². The summed E-state index contributed by atoms with van der Waals surface area (Å²) in [4.78, 5) is 22.2. The Balaban J connectivity index is 1.32. The predicted molar refractivity (Wildman–Crippen MR) is 137 cm³/mol. The summed E-state index contributed by atoms with van der Waals surface area (Å²) in [5, 5.41) is 1.18. The van der Waals surface area contributed by atoms with Gasteiger partial charge in [0.25, 0.3) is 0 Å². The average molecular weight is 479 g/mol. The molecule has 3 heterocycles. The molecule has 0 saturated carbocycles. The maximum absolute atomic E-state index is 12.0. The third kappa shape index (κ3) is 4.50. The number of aromatic nitrogens is 1. The molecule has 8 heteroatoms. The minimum Gasteiger partial charge on any atom is -0.497 e. The van der Waals surface area contributed by atoms with Crippen LogP contribution in [-0.4, -0.2) is 81.3 Å². The Kier molecular flexibility index (Phi) is 6.72. The van der Waals surface area contributed by atoms with Crippen molar-refractivity contribution >= 4 is 23.0 Å². The lowest BCUT2D eigenvalue weighted by molar-refractivity contribution is -0.121. The molecule has 1 atom stereocenters. The lowest BCUT2D eigenvalue weighted by atomic mass is 9.91. The van der Waals surface area contributed by atoms with E-state index in [2.05, 4.69) is 45.2 Å². The second kappa shape index (κ2) is 10.1. The van der Waals surface area contributed by atoms with Gasteiger partial charge in [-0.1, -0.05) is 0 Å². The fourth-order valence-electron chi connectivity index (χ4n) is 5.38. The summed E-state index contributed by atoms with van der Waals surface area (Å²) >= 11 is 0. The van der Waals surface area contributed by atoms with Crippen molar-refractivity contribution in [2.75, 3.05) is 65.0 Å². The predicted octanol–water partition coefficient (Wildman–Crippen LogP) is 3.46. The van der Waals surface area contributed by atoms with Gasteiger partial charge in [0.15, 0.2) is 11.5 Å². The number of aromatic amines is 1. The van der Waals surface area contributed by atoms with Gasteiger partial charge < -0.3 is 29.0 Å². The minimum atomic E-state index is 0.00487. The van der Waals surface area contributed by atoms with Crippen LogP contribution in [0.2, 0.25) is 0 Å². The first kappa shape index (κ1) is 23.4. The zero-order chi connectivity index (χ0) is 24.4. The van der Waals surface area contributed by atoms with Crippen LogP contribution in [0.3, 0.4) is 0 Å². The quantitative estimate of drug-likeness (QED) is 0.500. The lowest BCUT2D eigenvalue weighted by Gasteiger charge is -2.41. The number of methoxy groups -OCH3 is 2. The molecular weight excluding hydrogens is 444 g/mol. The lowest BCUT2D eigenvalue weighted by Crippen LogP contribution is -2.50. The zero-order valence-corrected chi connectivity index (χ0v) is 20.8. The smallest absolute Gasteiger partial charge is 0.210 e. The zero-order valence-electron chi connectivity index (χ0n) is 20.8. The molecule has 186 valence electrons. The van der Waals surface area contributed by atoms with Crippen molar-refractivity contribution in [1.29, 1.82) is 0 Å². The Morgan fingerprint density at radius 1 is 1.03 bits per heavy atom. The van der Waals surface area contributed by atoms with Crippen molar-refractivity contribution in [3.05, 3.63) is 47.7 Å². The average Bonchev–Trinajstić information content (AvgIpc) is 3.32. The highest BCUT2D eigenvalue weighted by atomic mass is 16.5. The number of nitrogens with one attached hydrogen (secondary N) is 1. The Morgan fingerprint density at radius 3 is 2.57 bits per heavy atom. The number of carbonyl (C=O) groups excluding carboxylic acids is 1. The maximum Gasteiger partial charge on any atom is 0.210 e. The molecule has 3 aromatic rings. The number of carbonyl (C=O) groups is 1. The van der Waals surface area contributed by atoms with Gasteiger partial charge in [-0.15, -0.1) is 0 Å². The van der Waals surface area contributed by atoms with Crippen LogP contribution in [0.4, 0.5) is 5.69 Å². The monoisotopic (exact) mass is 478 g/mol. The highest BCUT2D eigenvalue weighted by Crippen LogP contribution is 2.38. The molecule has 0 radical (unpaired) electrons. The molecule has 0 aliphatic carbocycles. The van der Waals surface area contributed by atoms with E-state index in [1.54, 1.807) is 14.2 Å². The van der Waals surface area contributed by atoms with Gasteiger partial charge in [0.1, 0.15) is 5.75 Å². The van der Waals surface area contributed by atoms with E-state index < -0.39 is 0 Å². The van der Waals surface area contributed by atoms with Crippen molar-refractivity contribution in [2.45, 2.75) is 19.4 Å². The van der Waals surface area contributed by atoms with E-state index in [0.717, 1.165) is 74.9 Å². The number of rotatable bonds is 8. The second-order valence-corrected chi connectivity index (χ2v) is 9.12. The van der Waals surface area contributed by atoms with E-state index >= 15 is 0 Å². The van der Waals surface area contributed by atoms with Crippen LogP contribution in [0.25, 0.3) is 10.9 Å². The van der Waals surface area contributed by atoms with Crippen LogP contribution < -0.4 is 19.1 Å². The number of anilines is 1. The van der Waals surface area contributed by atoms with Gasteiger partial charge in [-0.3, -0.25) is 9.69 Å². The topological polar surface area (TPSA) is 70.3 Å². The van der Waals surface area contributed by atoms with Gasteiger partial charge in [0, 0.05) is 56.4 Å². The number of hydrogen-bond donors (Lipinski definition) is 1. The van der Waals surface area contributed by atoms with E-state index in [1.807, 2.05) is 17.9 Å². The molecule has 8 nitrogen and oxygen atoms in total. The molecule has 35 heavy (non-hydrogen) atoms. The maximum atomic E-state index is 12.0. The molecule has 1 N–H and O–H groups in total. The first-order valence-electron chi connectivity index (χ1n) is 12.3. The Hall–Kier alpha value is -3.39. The number of nitrogens with zero attached hydrogens (tertiary/aromatic N) is 3. The third-order valence-electron chi connectivity index (χ3n) is 7.27. The SMILES string of the molecule is CCOc1cc2c(cc1OC)CCN(C=O)[C@@H]2CN1CCN(c2c[nH]c3ccc(OC)cc23)CC1. The largest absolute Gasteiger partial charge is 0.497 e. The summed E-state index contributed by atoms with van der Waals surface area (Å²) in [5.41, 5.74) is 4.73. The number of ether oxygens (including phenoxy) is 3. The van der Waals surface area contributed by atoms with Gasteiger partial charge in [-0.05, 0) is 54.8 Å². The number of H-pyrrole nitrogens is 1. The van der Waals surface area contributed by atoms with Gasteiger partial charge >= 0.3 is 0 Å². The van der Waals surface area contributed by atoms with Gasteiger partial charge in [-0.2, -0.15) is 0 Å². The first-order chi connectivity index (χ1) is 17.1. The van der Waals surface area contributed by atoms with E-state index in [1.165, 1.54) is 22.2 Å². The van der Waals surface area contributed by atoms with E-state index in [0.29, 0.717) is 6.61 Å². The molecular formula is C27H34N4O4. The first-order valence-corrected chi connectivity index (χ1v) is 12.3. The number of amides is 1. The molecule has 5 rings (SSSR count). The van der Waals surface area contributed by atoms with Gasteiger partial charge in [0.2, 0.25) is 6.41 Å². The summed E-state index contributed by atoms with van der Waals surface area (Å²) in [6.45, 7) is 7.79. The Labute approximate surface area is 206 Å². The molecule has 2 aliphatic rings. The molecule has 1 amide bonds. The van der Waals surface area contributed by atoms with Gasteiger partial charge in [0.05, 0.1) is 32.6 Å². The molecule has 1 fully saturated rings. The minimum absolute atomic E-state index is 0.00487. The number of hydrogen-bond acceptors (Lipinski definition) is 6. The van der Waals surface area contributed by atoms with Crippen LogP contribution in [0, 0.1) is 0 Å². The van der Waals surface area contributed by atoms with Gasteiger partial charge in [-0.25, -0.2) is 0 Å². The van der Waals surface area contributed by atoms with Crippen LogP contribution in [0.1, 0.15) is 24.1 Å². The highest BCUT2D eigenvalue weighted by molar-refractivity contribution is 5.94. The fraction of sp³-hybridized carbons (Fsp3) is 0.444. The molecule has 2 aliphatic heterocycles.